The fraction of sp³-hybridized carbons (Fsp3) is 0.286. The molecular formula is C14H14BrFN6O4. The Morgan fingerprint density at radius 2 is 2.31 bits per heavy atom. The molecule has 3 N–H and O–H groups in total. The number of nitrogens with one attached hydrogen (secondary N) is 2. The number of halogens is 2. The molecule has 3 rings (SSSR count). The zero-order valence-corrected chi connectivity index (χ0v) is 14.9. The molecule has 0 atom stereocenters. The second-order valence-corrected chi connectivity index (χ2v) is 6.01. The number of cyclic esters (lactones) is 1. The molecule has 1 amide bonds. The van der Waals surface area contributed by atoms with Gasteiger partial charge in [-0.1, -0.05) is 0 Å². The van der Waals surface area contributed by atoms with E-state index in [1.54, 1.807) is 0 Å². The van der Waals surface area contributed by atoms with Gasteiger partial charge in [0, 0.05) is 13.1 Å². The number of hydroxylamine groups is 1. The van der Waals surface area contributed by atoms with Crippen LogP contribution in [0.15, 0.2) is 32.3 Å². The summed E-state index contributed by atoms with van der Waals surface area (Å²) in [5.41, 5.74) is 2.41. The molecule has 10 nitrogen and oxygen atoms in total. The van der Waals surface area contributed by atoms with E-state index in [-0.39, 0.29) is 27.9 Å². The molecule has 1 aromatic heterocycles. The third-order valence-electron chi connectivity index (χ3n) is 3.48. The number of anilines is 1. The Bertz CT molecular complexity index is 830. The van der Waals surface area contributed by atoms with Gasteiger partial charge in [-0.3, -0.25) is 10.7 Å². The van der Waals surface area contributed by atoms with Crippen LogP contribution in [-0.2, 0) is 4.74 Å². The van der Waals surface area contributed by atoms with Gasteiger partial charge in [0.25, 0.3) is 0 Å². The van der Waals surface area contributed by atoms with Crippen molar-refractivity contribution in [3.63, 3.8) is 0 Å². The number of aromatic nitrogens is 2. The Morgan fingerprint density at radius 1 is 1.46 bits per heavy atom. The lowest BCUT2D eigenvalue weighted by Crippen LogP contribution is -2.30. The van der Waals surface area contributed by atoms with E-state index in [1.165, 1.54) is 23.1 Å². The standard InChI is InChI=1S/C14H14BrFN6O4/c15-9-7-8(1-2-10(9)16)18-13(19-24)11-12(21-26-20-11)17-3-4-22-5-6-25-14(22)23/h1-2,7,24H,3-6H2,(H,17,21)(H,18,19). The van der Waals surface area contributed by atoms with Crippen LogP contribution < -0.4 is 10.8 Å². The number of benzene rings is 1. The highest BCUT2D eigenvalue weighted by Gasteiger charge is 2.22. The summed E-state index contributed by atoms with van der Waals surface area (Å²) in [6, 6.07) is 4.09. The number of nitrogens with zero attached hydrogens (tertiary/aromatic N) is 4. The summed E-state index contributed by atoms with van der Waals surface area (Å²) < 4.78 is 23.1. The van der Waals surface area contributed by atoms with Crippen molar-refractivity contribution in [2.24, 2.45) is 4.99 Å². The van der Waals surface area contributed by atoms with Crippen molar-refractivity contribution >= 4 is 39.4 Å². The Kier molecular flexibility index (Phi) is 5.63. The molecule has 1 aliphatic heterocycles. The van der Waals surface area contributed by atoms with Crippen LogP contribution in [0.3, 0.4) is 0 Å². The number of carbonyl (C=O) groups excluding carboxylic acids is 1. The van der Waals surface area contributed by atoms with E-state index in [1.807, 2.05) is 5.48 Å². The fourth-order valence-electron chi connectivity index (χ4n) is 2.21. The van der Waals surface area contributed by atoms with Gasteiger partial charge in [-0.15, -0.1) is 0 Å². The summed E-state index contributed by atoms with van der Waals surface area (Å²) in [4.78, 5) is 17.1. The van der Waals surface area contributed by atoms with Crippen LogP contribution in [0, 0.1) is 5.82 Å². The number of aliphatic imine (C=N–C) groups is 1. The third-order valence-corrected chi connectivity index (χ3v) is 4.09. The largest absolute Gasteiger partial charge is 0.448 e. The smallest absolute Gasteiger partial charge is 0.409 e. The lowest BCUT2D eigenvalue weighted by Gasteiger charge is -2.12. The van der Waals surface area contributed by atoms with Crippen LogP contribution >= 0.6 is 15.9 Å². The summed E-state index contributed by atoms with van der Waals surface area (Å²) in [6.07, 6.45) is -0.369. The Labute approximate surface area is 155 Å². The number of ether oxygens (including phenoxy) is 1. The number of hydrogen-bond donors (Lipinski definition) is 3. The van der Waals surface area contributed by atoms with Gasteiger partial charge in [0.15, 0.2) is 11.5 Å². The summed E-state index contributed by atoms with van der Waals surface area (Å²) >= 11 is 3.06. The highest BCUT2D eigenvalue weighted by Crippen LogP contribution is 2.23. The van der Waals surface area contributed by atoms with Crippen molar-refractivity contribution < 1.29 is 23.8 Å². The van der Waals surface area contributed by atoms with E-state index in [0.29, 0.717) is 31.9 Å². The van der Waals surface area contributed by atoms with Gasteiger partial charge in [-0.05, 0) is 44.4 Å². The molecular weight excluding hydrogens is 415 g/mol. The molecule has 0 unspecified atom stereocenters. The summed E-state index contributed by atoms with van der Waals surface area (Å²) in [7, 11) is 0. The molecule has 0 saturated carbocycles. The molecule has 1 fully saturated rings. The Hall–Kier alpha value is -2.73. The van der Waals surface area contributed by atoms with Crippen LogP contribution in [0.4, 0.5) is 20.7 Å². The van der Waals surface area contributed by atoms with E-state index in [9.17, 15) is 14.4 Å². The minimum absolute atomic E-state index is 0.0483. The number of amides is 1. The molecule has 1 aliphatic rings. The predicted molar refractivity (Wildman–Crippen MR) is 90.9 cm³/mol. The minimum Gasteiger partial charge on any atom is -0.448 e. The van der Waals surface area contributed by atoms with Gasteiger partial charge in [-0.25, -0.2) is 18.8 Å². The SMILES string of the molecule is O=C1OCCN1CCNc1nonc1C(=Nc1ccc(F)c(Br)c1)NO. The summed E-state index contributed by atoms with van der Waals surface area (Å²) in [6.45, 7) is 1.65. The quantitative estimate of drug-likeness (QED) is 0.361. The van der Waals surface area contributed by atoms with Crippen LogP contribution in [0.2, 0.25) is 0 Å². The van der Waals surface area contributed by atoms with Crippen molar-refractivity contribution in [3.05, 3.63) is 34.2 Å². The lowest BCUT2D eigenvalue weighted by molar-refractivity contribution is 0.159. The molecule has 0 spiro atoms. The van der Waals surface area contributed by atoms with Crippen LogP contribution in [-0.4, -0.2) is 58.6 Å². The Morgan fingerprint density at radius 3 is 3.00 bits per heavy atom. The zero-order valence-electron chi connectivity index (χ0n) is 13.3. The maximum Gasteiger partial charge on any atom is 0.409 e. The minimum atomic E-state index is -0.437. The maximum atomic E-state index is 13.3. The van der Waals surface area contributed by atoms with Crippen LogP contribution in [0.25, 0.3) is 0 Å². The van der Waals surface area contributed by atoms with E-state index in [2.05, 4.69) is 41.2 Å². The van der Waals surface area contributed by atoms with E-state index >= 15 is 0 Å². The molecule has 26 heavy (non-hydrogen) atoms. The van der Waals surface area contributed by atoms with Gasteiger partial charge >= 0.3 is 6.09 Å². The first-order chi connectivity index (χ1) is 12.6. The van der Waals surface area contributed by atoms with Crippen LogP contribution in [0.1, 0.15) is 5.69 Å². The first kappa shape index (κ1) is 18.1. The van der Waals surface area contributed by atoms with Gasteiger partial charge < -0.3 is 15.0 Å². The molecule has 2 aromatic rings. The number of hydrogen-bond acceptors (Lipinski definition) is 8. The van der Waals surface area contributed by atoms with Crippen molar-refractivity contribution in [3.8, 4) is 0 Å². The number of carbonyl (C=O) groups is 1. The fourth-order valence-corrected chi connectivity index (χ4v) is 2.58. The first-order valence-electron chi connectivity index (χ1n) is 7.51. The summed E-state index contributed by atoms with van der Waals surface area (Å²) in [5.74, 6) is -0.264. The summed E-state index contributed by atoms with van der Waals surface area (Å²) in [5, 5.41) is 19.7. The molecule has 0 aliphatic carbocycles. The second-order valence-electron chi connectivity index (χ2n) is 5.16. The topological polar surface area (TPSA) is 125 Å². The van der Waals surface area contributed by atoms with E-state index in [4.69, 9.17) is 4.74 Å². The zero-order chi connectivity index (χ0) is 18.5. The van der Waals surface area contributed by atoms with Gasteiger partial charge in [0.1, 0.15) is 12.4 Å². The molecule has 1 saturated heterocycles. The molecule has 138 valence electrons. The average Bonchev–Trinajstić information content (AvgIpc) is 3.25. The maximum absolute atomic E-state index is 13.3. The van der Waals surface area contributed by atoms with Crippen molar-refractivity contribution in [1.82, 2.24) is 20.7 Å². The number of rotatable bonds is 6. The van der Waals surface area contributed by atoms with E-state index in [0.717, 1.165) is 0 Å². The Balaban J connectivity index is 1.71. The predicted octanol–water partition coefficient (Wildman–Crippen LogP) is 1.89. The van der Waals surface area contributed by atoms with E-state index < -0.39 is 5.82 Å². The molecule has 12 heteroatoms. The van der Waals surface area contributed by atoms with Crippen molar-refractivity contribution in [2.75, 3.05) is 31.6 Å². The molecule has 2 heterocycles. The van der Waals surface area contributed by atoms with Gasteiger partial charge in [-0.2, -0.15) is 0 Å². The van der Waals surface area contributed by atoms with Crippen LogP contribution in [0.5, 0.6) is 0 Å². The molecule has 1 aromatic carbocycles. The molecule has 0 bridgehead atoms. The average molecular weight is 429 g/mol. The second kappa shape index (κ2) is 8.10. The first-order valence-corrected chi connectivity index (χ1v) is 8.30. The van der Waals surface area contributed by atoms with Crippen molar-refractivity contribution in [1.29, 1.82) is 0 Å². The number of amidine groups is 1. The normalized spacial score (nSPS) is 14.5. The molecule has 0 radical (unpaired) electrons. The monoisotopic (exact) mass is 428 g/mol. The van der Waals surface area contributed by atoms with Gasteiger partial charge in [0.2, 0.25) is 5.82 Å². The third kappa shape index (κ3) is 4.08. The highest BCUT2D eigenvalue weighted by molar-refractivity contribution is 9.10. The van der Waals surface area contributed by atoms with Gasteiger partial charge in [0.05, 0.1) is 16.7 Å². The highest BCUT2D eigenvalue weighted by atomic mass is 79.9. The lowest BCUT2D eigenvalue weighted by atomic mass is 10.3. The van der Waals surface area contributed by atoms with Crippen molar-refractivity contribution in [2.45, 2.75) is 0 Å².